The van der Waals surface area contributed by atoms with Crippen molar-refractivity contribution in [2.75, 3.05) is 0 Å². The second-order valence-corrected chi connectivity index (χ2v) is 4.28. The lowest BCUT2D eigenvalue weighted by atomic mass is 9.94. The molecule has 80 valence electrons. The molecule has 15 heavy (non-hydrogen) atoms. The van der Waals surface area contributed by atoms with Crippen LogP contribution in [-0.2, 0) is 6.42 Å². The van der Waals surface area contributed by atoms with Crippen molar-refractivity contribution in [3.8, 4) is 17.6 Å². The Bertz CT molecular complexity index is 414. The van der Waals surface area contributed by atoms with Crippen LogP contribution in [0.3, 0.4) is 0 Å². The summed E-state index contributed by atoms with van der Waals surface area (Å²) in [5.41, 5.74) is 6.05. The van der Waals surface area contributed by atoms with Crippen molar-refractivity contribution in [1.82, 2.24) is 0 Å². The van der Waals surface area contributed by atoms with Crippen molar-refractivity contribution in [3.63, 3.8) is 0 Å². The van der Waals surface area contributed by atoms with E-state index in [0.717, 1.165) is 0 Å². The number of rotatable bonds is 2. The lowest BCUT2D eigenvalue weighted by Crippen LogP contribution is -2.34. The van der Waals surface area contributed by atoms with Gasteiger partial charge in [-0.2, -0.15) is 5.26 Å². The molecule has 0 atom stereocenters. The summed E-state index contributed by atoms with van der Waals surface area (Å²) >= 11 is 0. The quantitative estimate of drug-likeness (QED) is 0.679. The maximum atomic E-state index is 9.55. The van der Waals surface area contributed by atoms with Crippen molar-refractivity contribution in [3.05, 3.63) is 23.3 Å². The van der Waals surface area contributed by atoms with E-state index in [1.165, 1.54) is 12.1 Å². The predicted molar refractivity (Wildman–Crippen MR) is 56.5 cm³/mol. The maximum Gasteiger partial charge on any atom is 0.137 e. The van der Waals surface area contributed by atoms with Gasteiger partial charge in [-0.1, -0.05) is 0 Å². The van der Waals surface area contributed by atoms with Crippen molar-refractivity contribution >= 4 is 0 Å². The standard InChI is InChI=1S/C11H14N2O2/c1-11(2,13)5-7-3-8(6-12)10(15)4-9(7)14/h3-4,14-15H,5,13H2,1-2H3. The number of nitriles is 1. The van der Waals surface area contributed by atoms with Gasteiger partial charge in [-0.05, 0) is 31.9 Å². The zero-order valence-electron chi connectivity index (χ0n) is 8.78. The first-order chi connectivity index (χ1) is 6.83. The van der Waals surface area contributed by atoms with Gasteiger partial charge in [0.2, 0.25) is 0 Å². The average molecular weight is 206 g/mol. The fourth-order valence-electron chi connectivity index (χ4n) is 1.34. The fourth-order valence-corrected chi connectivity index (χ4v) is 1.34. The van der Waals surface area contributed by atoms with Gasteiger partial charge in [0.05, 0.1) is 5.56 Å². The SMILES string of the molecule is CC(C)(N)Cc1cc(C#N)c(O)cc1O. The van der Waals surface area contributed by atoms with Crippen molar-refractivity contribution < 1.29 is 10.2 Å². The molecule has 0 saturated carbocycles. The third-order valence-electron chi connectivity index (χ3n) is 1.96. The second kappa shape index (κ2) is 3.79. The van der Waals surface area contributed by atoms with Crippen molar-refractivity contribution in [2.24, 2.45) is 5.73 Å². The average Bonchev–Trinajstić information content (AvgIpc) is 2.07. The Morgan fingerprint density at radius 3 is 2.40 bits per heavy atom. The number of nitrogens with zero attached hydrogens (tertiary/aromatic N) is 1. The van der Waals surface area contributed by atoms with E-state index in [1.54, 1.807) is 0 Å². The number of aromatic hydroxyl groups is 2. The van der Waals surface area contributed by atoms with Gasteiger partial charge in [-0.3, -0.25) is 0 Å². The Kier molecular flexibility index (Phi) is 2.87. The molecule has 0 radical (unpaired) electrons. The molecule has 0 saturated heterocycles. The number of hydrogen-bond acceptors (Lipinski definition) is 4. The van der Waals surface area contributed by atoms with Gasteiger partial charge in [0.15, 0.2) is 0 Å². The Labute approximate surface area is 88.6 Å². The largest absolute Gasteiger partial charge is 0.508 e. The van der Waals surface area contributed by atoms with Crippen LogP contribution in [0.25, 0.3) is 0 Å². The third-order valence-corrected chi connectivity index (χ3v) is 1.96. The smallest absolute Gasteiger partial charge is 0.137 e. The minimum absolute atomic E-state index is 0.0370. The Morgan fingerprint density at radius 1 is 1.33 bits per heavy atom. The molecule has 4 heteroatoms. The summed E-state index contributed by atoms with van der Waals surface area (Å²) in [7, 11) is 0. The van der Waals surface area contributed by atoms with Crippen LogP contribution in [0.4, 0.5) is 0 Å². The summed E-state index contributed by atoms with van der Waals surface area (Å²) in [6.45, 7) is 3.65. The van der Waals surface area contributed by atoms with Crippen LogP contribution >= 0.6 is 0 Å². The zero-order valence-corrected chi connectivity index (χ0v) is 8.78. The number of benzene rings is 1. The molecule has 0 aliphatic carbocycles. The van der Waals surface area contributed by atoms with Crippen LogP contribution in [0.15, 0.2) is 12.1 Å². The summed E-state index contributed by atoms with van der Waals surface area (Å²) in [6.07, 6.45) is 0.438. The molecule has 0 amide bonds. The number of phenolic OH excluding ortho intramolecular Hbond substituents is 2. The van der Waals surface area contributed by atoms with Crippen molar-refractivity contribution in [2.45, 2.75) is 25.8 Å². The van der Waals surface area contributed by atoms with E-state index < -0.39 is 5.54 Å². The van der Waals surface area contributed by atoms with Gasteiger partial charge in [0.1, 0.15) is 17.6 Å². The molecule has 0 aliphatic heterocycles. The molecule has 4 nitrogen and oxygen atoms in total. The molecule has 1 aromatic rings. The fraction of sp³-hybridized carbons (Fsp3) is 0.364. The van der Waals surface area contributed by atoms with E-state index in [2.05, 4.69) is 0 Å². The van der Waals surface area contributed by atoms with Crippen LogP contribution in [0, 0.1) is 11.3 Å². The molecule has 0 aromatic heterocycles. The van der Waals surface area contributed by atoms with Gasteiger partial charge in [0, 0.05) is 11.6 Å². The van der Waals surface area contributed by atoms with Crippen LogP contribution in [-0.4, -0.2) is 15.8 Å². The van der Waals surface area contributed by atoms with Gasteiger partial charge in [-0.25, -0.2) is 0 Å². The molecule has 0 heterocycles. The highest BCUT2D eigenvalue weighted by molar-refractivity contribution is 5.51. The predicted octanol–water partition coefficient (Wildman–Crippen LogP) is 1.25. The summed E-state index contributed by atoms with van der Waals surface area (Å²) in [4.78, 5) is 0. The molecule has 0 fully saturated rings. The number of phenols is 2. The highest BCUT2D eigenvalue weighted by atomic mass is 16.3. The first kappa shape index (κ1) is 11.3. The molecule has 0 spiro atoms. The number of hydrogen-bond donors (Lipinski definition) is 3. The van der Waals surface area contributed by atoms with Gasteiger partial charge in [0.25, 0.3) is 0 Å². The topological polar surface area (TPSA) is 90.3 Å². The molecular weight excluding hydrogens is 192 g/mol. The summed E-state index contributed by atoms with van der Waals surface area (Å²) in [5.74, 6) is -0.251. The molecule has 0 unspecified atom stereocenters. The van der Waals surface area contributed by atoms with Crippen LogP contribution in [0.1, 0.15) is 25.0 Å². The lowest BCUT2D eigenvalue weighted by molar-refractivity contribution is 0.434. The first-order valence-corrected chi connectivity index (χ1v) is 4.57. The van der Waals surface area contributed by atoms with Crippen LogP contribution < -0.4 is 5.73 Å². The maximum absolute atomic E-state index is 9.55. The zero-order chi connectivity index (χ0) is 11.6. The second-order valence-electron chi connectivity index (χ2n) is 4.28. The van der Waals surface area contributed by atoms with E-state index in [-0.39, 0.29) is 17.1 Å². The van der Waals surface area contributed by atoms with Gasteiger partial charge >= 0.3 is 0 Å². The summed E-state index contributed by atoms with van der Waals surface area (Å²) < 4.78 is 0. The van der Waals surface area contributed by atoms with E-state index in [9.17, 15) is 10.2 Å². The van der Waals surface area contributed by atoms with Gasteiger partial charge < -0.3 is 15.9 Å². The Hall–Kier alpha value is -1.73. The normalized spacial score (nSPS) is 11.1. The highest BCUT2D eigenvalue weighted by Crippen LogP contribution is 2.28. The van der Waals surface area contributed by atoms with E-state index >= 15 is 0 Å². The molecule has 1 aromatic carbocycles. The highest BCUT2D eigenvalue weighted by Gasteiger charge is 2.16. The van der Waals surface area contributed by atoms with Crippen molar-refractivity contribution in [1.29, 1.82) is 5.26 Å². The van der Waals surface area contributed by atoms with Gasteiger partial charge in [-0.15, -0.1) is 0 Å². The molecule has 0 bridgehead atoms. The summed E-state index contributed by atoms with van der Waals surface area (Å²) in [6, 6.07) is 4.47. The van der Waals surface area contributed by atoms with Crippen LogP contribution in [0.5, 0.6) is 11.5 Å². The molecule has 4 N–H and O–H groups in total. The molecular formula is C11H14N2O2. The van der Waals surface area contributed by atoms with E-state index in [4.69, 9.17) is 11.0 Å². The Balaban J connectivity index is 3.15. The number of nitrogens with two attached hydrogens (primary N) is 1. The minimum atomic E-state index is -0.471. The van der Waals surface area contributed by atoms with Crippen LogP contribution in [0.2, 0.25) is 0 Å². The molecule has 1 rings (SSSR count). The minimum Gasteiger partial charge on any atom is -0.508 e. The molecule has 0 aliphatic rings. The monoisotopic (exact) mass is 206 g/mol. The Morgan fingerprint density at radius 2 is 1.93 bits per heavy atom. The summed E-state index contributed by atoms with van der Waals surface area (Å²) in [5, 5.41) is 27.6. The first-order valence-electron chi connectivity index (χ1n) is 4.57. The third kappa shape index (κ3) is 2.86. The van der Waals surface area contributed by atoms with E-state index in [0.29, 0.717) is 12.0 Å². The van der Waals surface area contributed by atoms with E-state index in [1.807, 2.05) is 19.9 Å². The lowest BCUT2D eigenvalue weighted by Gasteiger charge is -2.19.